The maximum atomic E-state index is 3.39. The minimum atomic E-state index is 0.606. The Morgan fingerprint density at radius 1 is 1.22 bits per heavy atom. The van der Waals surface area contributed by atoms with Crippen LogP contribution in [0.25, 0.3) is 0 Å². The van der Waals surface area contributed by atoms with Gasteiger partial charge >= 0.3 is 0 Å². The largest absolute Gasteiger partial charge is 0.369 e. The Balaban J connectivity index is 2.87. The van der Waals surface area contributed by atoms with E-state index in [2.05, 4.69) is 63.0 Å². The molecule has 0 aliphatic heterocycles. The third-order valence-corrected chi connectivity index (χ3v) is 3.69. The van der Waals surface area contributed by atoms with Gasteiger partial charge in [-0.05, 0) is 57.0 Å². The summed E-state index contributed by atoms with van der Waals surface area (Å²) in [5.41, 5.74) is 4.14. The van der Waals surface area contributed by atoms with Crippen molar-refractivity contribution in [3.05, 3.63) is 29.3 Å². The summed E-state index contributed by atoms with van der Waals surface area (Å²) in [6, 6.07) is 7.45. The van der Waals surface area contributed by atoms with E-state index in [0.717, 1.165) is 19.6 Å². The van der Waals surface area contributed by atoms with Crippen LogP contribution in [0.1, 0.15) is 45.2 Å². The predicted molar refractivity (Wildman–Crippen MR) is 81.3 cm³/mol. The molecule has 0 saturated carbocycles. The summed E-state index contributed by atoms with van der Waals surface area (Å²) < 4.78 is 0. The molecule has 0 spiro atoms. The van der Waals surface area contributed by atoms with Crippen molar-refractivity contribution < 1.29 is 0 Å². The van der Waals surface area contributed by atoms with Gasteiger partial charge in [-0.25, -0.2) is 0 Å². The number of anilines is 1. The van der Waals surface area contributed by atoms with Crippen molar-refractivity contribution in [1.29, 1.82) is 0 Å². The highest BCUT2D eigenvalue weighted by Crippen LogP contribution is 2.22. The van der Waals surface area contributed by atoms with Gasteiger partial charge in [-0.15, -0.1) is 0 Å². The van der Waals surface area contributed by atoms with Crippen LogP contribution < -0.4 is 10.2 Å². The molecule has 1 unspecified atom stereocenters. The lowest BCUT2D eigenvalue weighted by molar-refractivity contribution is 0.629. The van der Waals surface area contributed by atoms with Crippen LogP contribution in [0.3, 0.4) is 0 Å². The zero-order chi connectivity index (χ0) is 13.5. The molecule has 0 aliphatic rings. The lowest BCUT2D eigenvalue weighted by Crippen LogP contribution is -2.32. The fourth-order valence-corrected chi connectivity index (χ4v) is 2.29. The van der Waals surface area contributed by atoms with Crippen molar-refractivity contribution in [3.8, 4) is 0 Å². The van der Waals surface area contributed by atoms with Gasteiger partial charge in [0.05, 0.1) is 0 Å². The standard InChI is InChI=1S/C16H28N2/c1-6-14(5)18(8-3)16-10-9-15(12-17-7-2)13(4)11-16/h9-11,14,17H,6-8,12H2,1-5H3. The van der Waals surface area contributed by atoms with Gasteiger partial charge in [0.15, 0.2) is 0 Å². The number of benzene rings is 1. The minimum Gasteiger partial charge on any atom is -0.369 e. The molecule has 0 saturated heterocycles. The van der Waals surface area contributed by atoms with Gasteiger partial charge in [0.1, 0.15) is 0 Å². The Morgan fingerprint density at radius 3 is 2.44 bits per heavy atom. The first-order valence-electron chi connectivity index (χ1n) is 7.20. The van der Waals surface area contributed by atoms with Crippen LogP contribution in [-0.4, -0.2) is 19.1 Å². The minimum absolute atomic E-state index is 0.606. The second kappa shape index (κ2) is 7.42. The van der Waals surface area contributed by atoms with Crippen molar-refractivity contribution in [2.24, 2.45) is 0 Å². The van der Waals surface area contributed by atoms with Gasteiger partial charge in [0.2, 0.25) is 0 Å². The molecule has 1 aromatic rings. The van der Waals surface area contributed by atoms with Gasteiger partial charge in [-0.3, -0.25) is 0 Å². The van der Waals surface area contributed by atoms with E-state index in [1.807, 2.05) is 0 Å². The molecule has 1 N–H and O–H groups in total. The quantitative estimate of drug-likeness (QED) is 0.791. The monoisotopic (exact) mass is 248 g/mol. The second-order valence-electron chi connectivity index (χ2n) is 4.93. The van der Waals surface area contributed by atoms with E-state index in [1.54, 1.807) is 0 Å². The Labute approximate surface area is 112 Å². The summed E-state index contributed by atoms with van der Waals surface area (Å²) in [7, 11) is 0. The van der Waals surface area contributed by atoms with E-state index in [9.17, 15) is 0 Å². The molecule has 0 radical (unpaired) electrons. The van der Waals surface area contributed by atoms with Crippen molar-refractivity contribution in [3.63, 3.8) is 0 Å². The molecule has 1 rings (SSSR count). The van der Waals surface area contributed by atoms with Crippen molar-refractivity contribution >= 4 is 5.69 Å². The number of rotatable bonds is 7. The number of hydrogen-bond donors (Lipinski definition) is 1. The highest BCUT2D eigenvalue weighted by molar-refractivity contribution is 5.51. The zero-order valence-corrected chi connectivity index (χ0v) is 12.6. The smallest absolute Gasteiger partial charge is 0.0371 e. The molecule has 0 fully saturated rings. The number of aryl methyl sites for hydroxylation is 1. The molecular formula is C16H28N2. The average molecular weight is 248 g/mol. The van der Waals surface area contributed by atoms with Crippen molar-refractivity contribution in [2.45, 2.75) is 53.6 Å². The molecule has 0 amide bonds. The van der Waals surface area contributed by atoms with Crippen molar-refractivity contribution in [2.75, 3.05) is 18.0 Å². The van der Waals surface area contributed by atoms with Crippen LogP contribution >= 0.6 is 0 Å². The van der Waals surface area contributed by atoms with E-state index in [0.29, 0.717) is 6.04 Å². The molecule has 0 heterocycles. The van der Waals surface area contributed by atoms with Gasteiger partial charge in [0.25, 0.3) is 0 Å². The molecule has 0 bridgehead atoms. The molecule has 2 nitrogen and oxygen atoms in total. The van der Waals surface area contributed by atoms with E-state index in [1.165, 1.54) is 23.2 Å². The Kier molecular flexibility index (Phi) is 6.20. The van der Waals surface area contributed by atoms with E-state index in [4.69, 9.17) is 0 Å². The van der Waals surface area contributed by atoms with Crippen LogP contribution in [0.4, 0.5) is 5.69 Å². The Morgan fingerprint density at radius 2 is 1.94 bits per heavy atom. The van der Waals surface area contributed by atoms with Gasteiger partial charge < -0.3 is 10.2 Å². The first kappa shape index (κ1) is 15.0. The first-order chi connectivity index (χ1) is 8.63. The maximum Gasteiger partial charge on any atom is 0.0371 e. The number of nitrogens with one attached hydrogen (secondary N) is 1. The molecular weight excluding hydrogens is 220 g/mol. The fourth-order valence-electron chi connectivity index (χ4n) is 2.29. The molecule has 1 atom stereocenters. The average Bonchev–Trinajstić information content (AvgIpc) is 2.38. The summed E-state index contributed by atoms with van der Waals surface area (Å²) >= 11 is 0. The molecule has 102 valence electrons. The summed E-state index contributed by atoms with van der Waals surface area (Å²) in [6.45, 7) is 14.2. The normalized spacial score (nSPS) is 12.5. The van der Waals surface area contributed by atoms with Crippen LogP contribution in [0.5, 0.6) is 0 Å². The lowest BCUT2D eigenvalue weighted by Gasteiger charge is -2.30. The molecule has 0 aromatic heterocycles. The van der Waals surface area contributed by atoms with Crippen LogP contribution in [0.15, 0.2) is 18.2 Å². The van der Waals surface area contributed by atoms with Crippen LogP contribution in [-0.2, 0) is 6.54 Å². The van der Waals surface area contributed by atoms with Crippen LogP contribution in [0.2, 0.25) is 0 Å². The highest BCUT2D eigenvalue weighted by Gasteiger charge is 2.11. The number of nitrogens with zero attached hydrogens (tertiary/aromatic N) is 1. The molecule has 0 aliphatic carbocycles. The highest BCUT2D eigenvalue weighted by atomic mass is 15.1. The summed E-state index contributed by atoms with van der Waals surface area (Å²) in [5, 5.41) is 3.39. The Hall–Kier alpha value is -1.02. The summed E-state index contributed by atoms with van der Waals surface area (Å²) in [5.74, 6) is 0. The third kappa shape index (κ3) is 3.74. The van der Waals surface area contributed by atoms with Gasteiger partial charge in [0, 0.05) is 24.8 Å². The first-order valence-corrected chi connectivity index (χ1v) is 7.20. The van der Waals surface area contributed by atoms with E-state index in [-0.39, 0.29) is 0 Å². The Bertz CT molecular complexity index is 360. The predicted octanol–water partition coefficient (Wildman–Crippen LogP) is 3.73. The zero-order valence-electron chi connectivity index (χ0n) is 12.6. The summed E-state index contributed by atoms with van der Waals surface area (Å²) in [4.78, 5) is 2.48. The van der Waals surface area contributed by atoms with E-state index >= 15 is 0 Å². The van der Waals surface area contributed by atoms with Gasteiger partial charge in [-0.1, -0.05) is 19.9 Å². The third-order valence-electron chi connectivity index (χ3n) is 3.69. The maximum absolute atomic E-state index is 3.39. The molecule has 18 heavy (non-hydrogen) atoms. The fraction of sp³-hybridized carbons (Fsp3) is 0.625. The van der Waals surface area contributed by atoms with E-state index < -0.39 is 0 Å². The second-order valence-corrected chi connectivity index (χ2v) is 4.93. The SMILES string of the molecule is CCNCc1ccc(N(CC)C(C)CC)cc1C. The molecule has 2 heteroatoms. The molecule has 1 aromatic carbocycles. The number of hydrogen-bond acceptors (Lipinski definition) is 2. The topological polar surface area (TPSA) is 15.3 Å². The van der Waals surface area contributed by atoms with Gasteiger partial charge in [-0.2, -0.15) is 0 Å². The summed E-state index contributed by atoms with van der Waals surface area (Å²) in [6.07, 6.45) is 1.19. The lowest BCUT2D eigenvalue weighted by atomic mass is 10.1. The van der Waals surface area contributed by atoms with Crippen molar-refractivity contribution in [1.82, 2.24) is 5.32 Å². The van der Waals surface area contributed by atoms with Crippen LogP contribution in [0, 0.1) is 6.92 Å².